The lowest BCUT2D eigenvalue weighted by Crippen LogP contribution is -2.54. The van der Waals surface area contributed by atoms with E-state index in [1.54, 1.807) is 36.4 Å². The van der Waals surface area contributed by atoms with Crippen molar-refractivity contribution in [3.8, 4) is 11.5 Å². The minimum absolute atomic E-state index is 0.153. The third kappa shape index (κ3) is 6.95. The number of nitrogens with one attached hydrogen (secondary N) is 1. The van der Waals surface area contributed by atoms with E-state index in [4.69, 9.17) is 9.47 Å². The van der Waals surface area contributed by atoms with Gasteiger partial charge in [-0.25, -0.2) is 9.69 Å². The molecule has 0 aliphatic carbocycles. The number of methoxy groups -OCH3 is 1. The number of anilines is 1. The summed E-state index contributed by atoms with van der Waals surface area (Å²) in [5.41, 5.74) is 0.769. The smallest absolute Gasteiger partial charge is 0.335 e. The molecule has 35 heavy (non-hydrogen) atoms. The van der Waals surface area contributed by atoms with Crippen LogP contribution in [0.15, 0.2) is 50.9 Å². The lowest BCUT2D eigenvalue weighted by Gasteiger charge is -2.26. The Kier molecular flexibility index (Phi) is 9.92. The van der Waals surface area contributed by atoms with Gasteiger partial charge in [0.05, 0.1) is 28.3 Å². The van der Waals surface area contributed by atoms with Crippen LogP contribution < -0.4 is 19.7 Å². The average Bonchev–Trinajstić information content (AvgIpc) is 2.83. The standard InChI is InChI=1S/C26H28Br2N2O5/c1-3-4-5-6-7-8-13-35-23-21(27)15-17(16-22(23)28)14-20-24(31)29-26(33)30(25(20)32)18-9-11-19(34-2)12-10-18/h9-12,14-16H,3-8,13H2,1-2H3,(H,29,31,33)/b20-14+. The van der Waals surface area contributed by atoms with Gasteiger partial charge in [0.25, 0.3) is 11.8 Å². The first-order chi connectivity index (χ1) is 16.8. The molecule has 0 aromatic heterocycles. The highest BCUT2D eigenvalue weighted by Crippen LogP contribution is 2.36. The summed E-state index contributed by atoms with van der Waals surface area (Å²) in [6.45, 7) is 2.80. The molecule has 1 aliphatic heterocycles. The first-order valence-electron chi connectivity index (χ1n) is 11.5. The van der Waals surface area contributed by atoms with E-state index in [0.29, 0.717) is 38.3 Å². The average molecular weight is 608 g/mol. The van der Waals surface area contributed by atoms with Gasteiger partial charge in [-0.1, -0.05) is 39.0 Å². The number of urea groups is 1. The number of barbiturate groups is 1. The molecule has 186 valence electrons. The Morgan fingerprint density at radius 3 is 2.20 bits per heavy atom. The molecule has 1 aliphatic rings. The lowest BCUT2D eigenvalue weighted by molar-refractivity contribution is -0.122. The number of halogens is 2. The summed E-state index contributed by atoms with van der Waals surface area (Å²) >= 11 is 7.04. The molecule has 0 atom stereocenters. The van der Waals surface area contributed by atoms with E-state index in [1.807, 2.05) is 0 Å². The molecule has 1 fully saturated rings. The van der Waals surface area contributed by atoms with E-state index in [1.165, 1.54) is 38.9 Å². The van der Waals surface area contributed by atoms with Gasteiger partial charge in [-0.2, -0.15) is 0 Å². The van der Waals surface area contributed by atoms with Gasteiger partial charge in [0.2, 0.25) is 0 Å². The van der Waals surface area contributed by atoms with Crippen LogP contribution in [-0.2, 0) is 9.59 Å². The van der Waals surface area contributed by atoms with Crippen molar-refractivity contribution in [2.75, 3.05) is 18.6 Å². The Morgan fingerprint density at radius 1 is 0.943 bits per heavy atom. The SMILES string of the molecule is CCCCCCCCOc1c(Br)cc(/C=C2\C(=O)NC(=O)N(c3ccc(OC)cc3)C2=O)cc1Br. The van der Waals surface area contributed by atoms with E-state index in [0.717, 1.165) is 17.7 Å². The van der Waals surface area contributed by atoms with Crippen molar-refractivity contribution >= 4 is 61.5 Å². The number of nitrogens with zero attached hydrogens (tertiary/aromatic N) is 1. The molecule has 0 radical (unpaired) electrons. The summed E-state index contributed by atoms with van der Waals surface area (Å²) in [6, 6.07) is 9.15. The first kappa shape index (κ1) is 26.9. The normalized spacial score (nSPS) is 14.9. The van der Waals surface area contributed by atoms with Crippen LogP contribution in [0.5, 0.6) is 11.5 Å². The number of carbonyl (C=O) groups excluding carboxylic acids is 3. The molecule has 1 N–H and O–H groups in total. The van der Waals surface area contributed by atoms with Crippen LogP contribution >= 0.6 is 31.9 Å². The van der Waals surface area contributed by atoms with Crippen molar-refractivity contribution in [1.29, 1.82) is 0 Å². The molecule has 2 aromatic rings. The van der Waals surface area contributed by atoms with Gasteiger partial charge >= 0.3 is 6.03 Å². The fraction of sp³-hybridized carbons (Fsp3) is 0.346. The molecular formula is C26H28Br2N2O5. The van der Waals surface area contributed by atoms with E-state index >= 15 is 0 Å². The number of unbranched alkanes of at least 4 members (excludes halogenated alkanes) is 5. The Bertz CT molecular complexity index is 1090. The maximum absolute atomic E-state index is 13.1. The minimum Gasteiger partial charge on any atom is -0.497 e. The molecule has 0 bridgehead atoms. The number of carbonyl (C=O) groups is 3. The molecule has 4 amide bonds. The highest BCUT2D eigenvalue weighted by molar-refractivity contribution is 9.11. The quantitative estimate of drug-likeness (QED) is 0.176. The molecule has 9 heteroatoms. The molecule has 0 unspecified atom stereocenters. The molecule has 2 aromatic carbocycles. The van der Waals surface area contributed by atoms with Crippen molar-refractivity contribution in [3.63, 3.8) is 0 Å². The summed E-state index contributed by atoms with van der Waals surface area (Å²) in [5, 5.41) is 2.23. The van der Waals surface area contributed by atoms with Crippen LogP contribution in [0.4, 0.5) is 10.5 Å². The van der Waals surface area contributed by atoms with Gasteiger partial charge in [0.1, 0.15) is 17.1 Å². The second-order valence-corrected chi connectivity index (χ2v) is 9.79. The fourth-order valence-corrected chi connectivity index (χ4v) is 5.10. The second-order valence-electron chi connectivity index (χ2n) is 8.09. The number of benzene rings is 2. The van der Waals surface area contributed by atoms with Crippen molar-refractivity contribution in [1.82, 2.24) is 5.32 Å². The predicted molar refractivity (Wildman–Crippen MR) is 143 cm³/mol. The monoisotopic (exact) mass is 606 g/mol. The van der Waals surface area contributed by atoms with E-state index < -0.39 is 17.8 Å². The van der Waals surface area contributed by atoms with Crippen LogP contribution in [0.3, 0.4) is 0 Å². The molecule has 0 spiro atoms. The molecular weight excluding hydrogens is 580 g/mol. The number of amides is 4. The van der Waals surface area contributed by atoms with Gasteiger partial charge in [-0.05, 0) is 86.3 Å². The first-order valence-corrected chi connectivity index (χ1v) is 13.1. The Labute approximate surface area is 222 Å². The summed E-state index contributed by atoms with van der Waals surface area (Å²) < 4.78 is 12.4. The number of hydrogen-bond donors (Lipinski definition) is 1. The molecule has 7 nitrogen and oxygen atoms in total. The maximum Gasteiger partial charge on any atom is 0.335 e. The summed E-state index contributed by atoms with van der Waals surface area (Å²) in [6.07, 6.45) is 8.49. The largest absolute Gasteiger partial charge is 0.497 e. The van der Waals surface area contributed by atoms with Crippen LogP contribution in [0.1, 0.15) is 51.0 Å². The van der Waals surface area contributed by atoms with Gasteiger partial charge in [0.15, 0.2) is 0 Å². The zero-order valence-corrected chi connectivity index (χ0v) is 22.9. The van der Waals surface area contributed by atoms with Crippen molar-refractivity contribution in [2.24, 2.45) is 0 Å². The van der Waals surface area contributed by atoms with Crippen molar-refractivity contribution in [3.05, 3.63) is 56.5 Å². The molecule has 0 saturated carbocycles. The zero-order chi connectivity index (χ0) is 25.4. The number of ether oxygens (including phenoxy) is 2. The maximum atomic E-state index is 13.1. The second kappa shape index (κ2) is 12.9. The highest BCUT2D eigenvalue weighted by Gasteiger charge is 2.36. The Morgan fingerprint density at radius 2 is 1.57 bits per heavy atom. The van der Waals surface area contributed by atoms with Gasteiger partial charge < -0.3 is 9.47 Å². The molecule has 1 saturated heterocycles. The summed E-state index contributed by atoms with van der Waals surface area (Å²) in [4.78, 5) is 38.9. The summed E-state index contributed by atoms with van der Waals surface area (Å²) in [5.74, 6) is -0.214. The van der Waals surface area contributed by atoms with Crippen LogP contribution in [0, 0.1) is 0 Å². The van der Waals surface area contributed by atoms with Crippen molar-refractivity contribution < 1.29 is 23.9 Å². The third-order valence-electron chi connectivity index (χ3n) is 5.51. The third-order valence-corrected chi connectivity index (χ3v) is 6.69. The van der Waals surface area contributed by atoms with E-state index in [-0.39, 0.29) is 5.57 Å². The minimum atomic E-state index is -0.803. The number of rotatable bonds is 11. The van der Waals surface area contributed by atoms with Gasteiger partial charge in [-0.3, -0.25) is 14.9 Å². The Balaban J connectivity index is 1.75. The van der Waals surface area contributed by atoms with Crippen LogP contribution in [-0.4, -0.2) is 31.6 Å². The van der Waals surface area contributed by atoms with E-state index in [9.17, 15) is 14.4 Å². The molecule has 3 rings (SSSR count). The van der Waals surface area contributed by atoms with E-state index in [2.05, 4.69) is 44.1 Å². The molecule has 1 heterocycles. The topological polar surface area (TPSA) is 84.9 Å². The van der Waals surface area contributed by atoms with Gasteiger partial charge in [-0.15, -0.1) is 0 Å². The van der Waals surface area contributed by atoms with Crippen LogP contribution in [0.2, 0.25) is 0 Å². The number of imide groups is 2. The predicted octanol–water partition coefficient (Wildman–Crippen LogP) is 6.63. The zero-order valence-electron chi connectivity index (χ0n) is 19.7. The Hall–Kier alpha value is -2.65. The van der Waals surface area contributed by atoms with Gasteiger partial charge in [0, 0.05) is 0 Å². The van der Waals surface area contributed by atoms with Crippen LogP contribution in [0.25, 0.3) is 6.08 Å². The highest BCUT2D eigenvalue weighted by atomic mass is 79.9. The lowest BCUT2D eigenvalue weighted by atomic mass is 10.1. The van der Waals surface area contributed by atoms with Crippen molar-refractivity contribution in [2.45, 2.75) is 45.4 Å². The number of hydrogen-bond acceptors (Lipinski definition) is 5. The fourth-order valence-electron chi connectivity index (χ4n) is 3.65. The summed E-state index contributed by atoms with van der Waals surface area (Å²) in [7, 11) is 1.52.